The third-order valence-corrected chi connectivity index (χ3v) is 4.16. The number of aromatic nitrogens is 2. The number of halogens is 2. The fraction of sp³-hybridized carbons (Fsp3) is 0.286. The van der Waals surface area contributed by atoms with Crippen LogP contribution in [0.5, 0.6) is 0 Å². The summed E-state index contributed by atoms with van der Waals surface area (Å²) < 4.78 is 0.574. The van der Waals surface area contributed by atoms with Crippen molar-refractivity contribution < 1.29 is 0 Å². The lowest BCUT2D eigenvalue weighted by Gasteiger charge is -2.06. The van der Waals surface area contributed by atoms with Gasteiger partial charge in [0.2, 0.25) is 0 Å². The van der Waals surface area contributed by atoms with E-state index in [2.05, 4.69) is 25.9 Å². The fourth-order valence-corrected chi connectivity index (χ4v) is 2.80. The molecule has 3 nitrogen and oxygen atoms in total. The largest absolute Gasteiger partial charge is 0.309 e. The molecule has 1 aromatic carbocycles. The molecule has 1 aromatic heterocycles. The van der Waals surface area contributed by atoms with Crippen molar-refractivity contribution in [3.8, 4) is 0 Å². The quantitative estimate of drug-likeness (QED) is 0.927. The maximum absolute atomic E-state index is 11.9. The zero-order valence-electron chi connectivity index (χ0n) is 10.1. The highest BCUT2D eigenvalue weighted by Crippen LogP contribution is 2.41. The lowest BCUT2D eigenvalue weighted by molar-refractivity contribution is 0.871. The highest BCUT2D eigenvalue weighted by atomic mass is 79.9. The van der Waals surface area contributed by atoms with Gasteiger partial charge in [-0.1, -0.05) is 23.7 Å². The van der Waals surface area contributed by atoms with Crippen LogP contribution in [0.25, 0.3) is 0 Å². The minimum atomic E-state index is -0.103. The maximum atomic E-state index is 11.9. The number of aromatic amines is 1. The van der Waals surface area contributed by atoms with E-state index >= 15 is 0 Å². The highest BCUT2D eigenvalue weighted by molar-refractivity contribution is 9.10. The number of hydrogen-bond donors (Lipinski definition) is 1. The molecule has 0 saturated heterocycles. The van der Waals surface area contributed by atoms with Gasteiger partial charge < -0.3 is 4.98 Å². The molecular formula is C14H12BrClN2O. The van der Waals surface area contributed by atoms with Gasteiger partial charge in [-0.05, 0) is 46.5 Å². The SMILES string of the molecule is O=c1[nH]c(Cc2cccc(Cl)c2)nc(C2CC2)c1Br. The minimum absolute atomic E-state index is 0.103. The van der Waals surface area contributed by atoms with E-state index in [1.165, 1.54) is 0 Å². The van der Waals surface area contributed by atoms with E-state index < -0.39 is 0 Å². The molecule has 3 rings (SSSR count). The van der Waals surface area contributed by atoms with Crippen LogP contribution in [0, 0.1) is 0 Å². The second kappa shape index (κ2) is 5.10. The molecule has 0 radical (unpaired) electrons. The van der Waals surface area contributed by atoms with Gasteiger partial charge in [-0.2, -0.15) is 0 Å². The maximum Gasteiger partial charge on any atom is 0.265 e. The van der Waals surface area contributed by atoms with Gasteiger partial charge in [0.15, 0.2) is 0 Å². The first-order chi connectivity index (χ1) is 9.13. The molecule has 5 heteroatoms. The van der Waals surface area contributed by atoms with Crippen LogP contribution in [-0.4, -0.2) is 9.97 Å². The molecule has 0 aliphatic heterocycles. The van der Waals surface area contributed by atoms with Gasteiger partial charge in [-0.25, -0.2) is 4.98 Å². The summed E-state index contributed by atoms with van der Waals surface area (Å²) in [5.74, 6) is 1.13. The summed E-state index contributed by atoms with van der Waals surface area (Å²) in [5.41, 5.74) is 1.83. The molecule has 98 valence electrons. The Morgan fingerprint density at radius 1 is 1.42 bits per heavy atom. The summed E-state index contributed by atoms with van der Waals surface area (Å²) in [6.45, 7) is 0. The molecule has 1 heterocycles. The van der Waals surface area contributed by atoms with E-state index in [-0.39, 0.29) is 5.56 Å². The highest BCUT2D eigenvalue weighted by Gasteiger charge is 2.28. The Kier molecular flexibility index (Phi) is 3.46. The molecule has 1 saturated carbocycles. The summed E-state index contributed by atoms with van der Waals surface area (Å²) in [6.07, 6.45) is 2.82. The monoisotopic (exact) mass is 338 g/mol. The summed E-state index contributed by atoms with van der Waals surface area (Å²) in [7, 11) is 0. The van der Waals surface area contributed by atoms with E-state index in [0.717, 1.165) is 24.1 Å². The van der Waals surface area contributed by atoms with Crippen LogP contribution in [-0.2, 0) is 6.42 Å². The summed E-state index contributed by atoms with van der Waals surface area (Å²) in [6, 6.07) is 7.60. The van der Waals surface area contributed by atoms with Crippen molar-refractivity contribution in [1.82, 2.24) is 9.97 Å². The molecule has 1 N–H and O–H groups in total. The predicted octanol–water partition coefficient (Wildman–Crippen LogP) is 3.65. The molecule has 0 amide bonds. The van der Waals surface area contributed by atoms with E-state index in [0.29, 0.717) is 27.7 Å². The van der Waals surface area contributed by atoms with Crippen LogP contribution in [0.4, 0.5) is 0 Å². The Balaban J connectivity index is 1.95. The Hall–Kier alpha value is -1.13. The van der Waals surface area contributed by atoms with Gasteiger partial charge in [-0.15, -0.1) is 0 Å². The predicted molar refractivity (Wildman–Crippen MR) is 78.8 cm³/mol. The number of rotatable bonds is 3. The van der Waals surface area contributed by atoms with Crippen LogP contribution >= 0.6 is 27.5 Å². The first-order valence-electron chi connectivity index (χ1n) is 6.16. The van der Waals surface area contributed by atoms with Crippen molar-refractivity contribution in [3.63, 3.8) is 0 Å². The molecule has 1 aliphatic rings. The summed E-state index contributed by atoms with van der Waals surface area (Å²) >= 11 is 9.28. The van der Waals surface area contributed by atoms with Gasteiger partial charge in [-0.3, -0.25) is 4.79 Å². The van der Waals surface area contributed by atoms with Crippen LogP contribution in [0.15, 0.2) is 33.5 Å². The number of hydrogen-bond acceptors (Lipinski definition) is 2. The van der Waals surface area contributed by atoms with Crippen molar-refractivity contribution in [2.24, 2.45) is 0 Å². The average molecular weight is 340 g/mol. The van der Waals surface area contributed by atoms with E-state index in [1.54, 1.807) is 0 Å². The van der Waals surface area contributed by atoms with Gasteiger partial charge in [0.25, 0.3) is 5.56 Å². The molecule has 1 aliphatic carbocycles. The number of nitrogens with one attached hydrogen (secondary N) is 1. The van der Waals surface area contributed by atoms with Crippen molar-refractivity contribution in [2.75, 3.05) is 0 Å². The lowest BCUT2D eigenvalue weighted by Crippen LogP contribution is -2.15. The normalized spacial score (nSPS) is 14.6. The van der Waals surface area contributed by atoms with Crippen molar-refractivity contribution in [3.05, 3.63) is 61.2 Å². The molecule has 0 atom stereocenters. The summed E-state index contributed by atoms with van der Waals surface area (Å²) in [5, 5.41) is 0.694. The Labute approximate surface area is 124 Å². The molecule has 0 bridgehead atoms. The number of benzene rings is 1. The van der Waals surface area contributed by atoms with Gasteiger partial charge in [0.05, 0.1) is 5.69 Å². The first-order valence-corrected chi connectivity index (χ1v) is 7.33. The second-order valence-corrected chi connectivity index (χ2v) is 6.02. The fourth-order valence-electron chi connectivity index (χ4n) is 2.08. The minimum Gasteiger partial charge on any atom is -0.309 e. The van der Waals surface area contributed by atoms with Crippen molar-refractivity contribution in [2.45, 2.75) is 25.2 Å². The van der Waals surface area contributed by atoms with Gasteiger partial charge in [0, 0.05) is 17.4 Å². The molecule has 2 aromatic rings. The van der Waals surface area contributed by atoms with Gasteiger partial charge >= 0.3 is 0 Å². The molecule has 19 heavy (non-hydrogen) atoms. The average Bonchev–Trinajstić information content (AvgIpc) is 3.18. The van der Waals surface area contributed by atoms with Crippen LogP contribution in [0.3, 0.4) is 0 Å². The van der Waals surface area contributed by atoms with E-state index in [9.17, 15) is 4.79 Å². The molecular weight excluding hydrogens is 328 g/mol. The standard InChI is InChI=1S/C14H12BrClN2O/c15-12-13(9-4-5-9)17-11(18-14(12)19)7-8-2-1-3-10(16)6-8/h1-3,6,9H,4-5,7H2,(H,17,18,19). The Morgan fingerprint density at radius 2 is 2.21 bits per heavy atom. The zero-order valence-corrected chi connectivity index (χ0v) is 12.5. The second-order valence-electron chi connectivity index (χ2n) is 4.79. The molecule has 0 unspecified atom stereocenters. The van der Waals surface area contributed by atoms with Crippen LogP contribution in [0.2, 0.25) is 5.02 Å². The first kappa shape index (κ1) is 12.9. The van der Waals surface area contributed by atoms with Crippen molar-refractivity contribution >= 4 is 27.5 Å². The van der Waals surface area contributed by atoms with Crippen molar-refractivity contribution in [1.29, 1.82) is 0 Å². The zero-order chi connectivity index (χ0) is 13.4. The third kappa shape index (κ3) is 2.90. The van der Waals surface area contributed by atoms with E-state index in [4.69, 9.17) is 11.6 Å². The van der Waals surface area contributed by atoms with E-state index in [1.807, 2.05) is 24.3 Å². The van der Waals surface area contributed by atoms with Gasteiger partial charge in [0.1, 0.15) is 10.3 Å². The lowest BCUT2D eigenvalue weighted by atomic mass is 10.1. The smallest absolute Gasteiger partial charge is 0.265 e. The molecule has 0 spiro atoms. The van der Waals surface area contributed by atoms with Crippen LogP contribution < -0.4 is 5.56 Å². The number of H-pyrrole nitrogens is 1. The Bertz CT molecular complexity index is 679. The van der Waals surface area contributed by atoms with Crippen LogP contribution in [0.1, 0.15) is 35.8 Å². The molecule has 1 fully saturated rings. The summed E-state index contributed by atoms with van der Waals surface area (Å²) in [4.78, 5) is 19.3. The number of nitrogens with zero attached hydrogens (tertiary/aromatic N) is 1. The topological polar surface area (TPSA) is 45.8 Å². The third-order valence-electron chi connectivity index (χ3n) is 3.16. The Morgan fingerprint density at radius 3 is 2.89 bits per heavy atom.